The van der Waals surface area contributed by atoms with E-state index in [4.69, 9.17) is 0 Å². The number of nitrogens with one attached hydrogen (secondary N) is 2. The van der Waals surface area contributed by atoms with E-state index in [2.05, 4.69) is 25.7 Å². The van der Waals surface area contributed by atoms with E-state index in [1.54, 1.807) is 4.31 Å². The summed E-state index contributed by atoms with van der Waals surface area (Å²) in [5, 5.41) is 3.33. The van der Waals surface area contributed by atoms with Gasteiger partial charge in [0.1, 0.15) is 5.82 Å². The molecule has 3 fully saturated rings. The zero-order chi connectivity index (χ0) is 17.2. The van der Waals surface area contributed by atoms with Crippen LogP contribution in [0.15, 0.2) is 18.2 Å². The van der Waals surface area contributed by atoms with E-state index in [9.17, 15) is 8.42 Å². The van der Waals surface area contributed by atoms with Gasteiger partial charge in [-0.15, -0.1) is 0 Å². The van der Waals surface area contributed by atoms with Crippen LogP contribution in [0, 0.1) is 6.92 Å². The molecule has 1 aromatic carbocycles. The van der Waals surface area contributed by atoms with E-state index in [0.29, 0.717) is 25.2 Å². The normalized spacial score (nSPS) is 26.8. The third-order valence-electron chi connectivity index (χ3n) is 5.62. The maximum Gasteiger partial charge on any atom is 0.280 e. The van der Waals surface area contributed by atoms with Gasteiger partial charge in [0.25, 0.3) is 10.2 Å². The molecule has 0 unspecified atom stereocenters. The number of aryl methyl sites for hydroxylation is 1. The Labute approximate surface area is 147 Å². The number of piperazine rings is 1. The van der Waals surface area contributed by atoms with Crippen LogP contribution in [0.1, 0.15) is 36.7 Å². The first-order chi connectivity index (χ1) is 12.0. The molecule has 2 saturated heterocycles. The van der Waals surface area contributed by atoms with Crippen molar-refractivity contribution in [3.63, 3.8) is 0 Å². The third kappa shape index (κ3) is 2.68. The highest BCUT2D eigenvalue weighted by molar-refractivity contribution is 7.87. The Kier molecular flexibility index (Phi) is 3.47. The Hall–Kier alpha value is -1.48. The monoisotopic (exact) mass is 361 g/mol. The van der Waals surface area contributed by atoms with Crippen molar-refractivity contribution in [2.24, 2.45) is 0 Å². The van der Waals surface area contributed by atoms with Crippen molar-refractivity contribution >= 4 is 21.2 Å². The summed E-state index contributed by atoms with van der Waals surface area (Å²) in [6, 6.07) is 7.07. The van der Waals surface area contributed by atoms with Crippen LogP contribution in [0.4, 0.5) is 0 Å². The lowest BCUT2D eigenvalue weighted by Gasteiger charge is -2.26. The predicted molar refractivity (Wildman–Crippen MR) is 95.4 cm³/mol. The Morgan fingerprint density at radius 3 is 2.84 bits per heavy atom. The summed E-state index contributed by atoms with van der Waals surface area (Å²) < 4.78 is 31.8. The zero-order valence-electron chi connectivity index (χ0n) is 14.3. The van der Waals surface area contributed by atoms with Crippen molar-refractivity contribution in [3.05, 3.63) is 29.6 Å². The van der Waals surface area contributed by atoms with Gasteiger partial charge in [-0.1, -0.05) is 6.07 Å². The average Bonchev–Trinajstić information content (AvgIpc) is 3.04. The minimum atomic E-state index is -3.43. The van der Waals surface area contributed by atoms with Crippen LogP contribution in [0.2, 0.25) is 0 Å². The topological polar surface area (TPSA) is 79.3 Å². The maximum atomic E-state index is 12.6. The van der Waals surface area contributed by atoms with E-state index < -0.39 is 10.2 Å². The van der Waals surface area contributed by atoms with Crippen molar-refractivity contribution in [1.29, 1.82) is 0 Å². The SMILES string of the molecule is Cc1nc2cc(CNS(=O)(=O)N3C[C@@H]4C[C@H]3CN4)ccc2n1C1CC1. The van der Waals surface area contributed by atoms with Gasteiger partial charge in [-0.05, 0) is 43.9 Å². The summed E-state index contributed by atoms with van der Waals surface area (Å²) in [6.07, 6.45) is 3.37. The lowest BCUT2D eigenvalue weighted by Crippen LogP contribution is -2.50. The van der Waals surface area contributed by atoms with Crippen molar-refractivity contribution < 1.29 is 8.42 Å². The lowest BCUT2D eigenvalue weighted by molar-refractivity contribution is 0.343. The molecule has 25 heavy (non-hydrogen) atoms. The summed E-state index contributed by atoms with van der Waals surface area (Å²) >= 11 is 0. The predicted octanol–water partition coefficient (Wildman–Crippen LogP) is 1.06. The quantitative estimate of drug-likeness (QED) is 0.835. The Balaban J connectivity index is 1.34. The number of hydrogen-bond acceptors (Lipinski definition) is 4. The second-order valence-corrected chi connectivity index (χ2v) is 9.18. The van der Waals surface area contributed by atoms with Crippen molar-refractivity contribution in [3.8, 4) is 0 Å². The number of imidazole rings is 1. The van der Waals surface area contributed by atoms with Crippen LogP contribution in [0.5, 0.6) is 0 Å². The fourth-order valence-corrected chi connectivity index (χ4v) is 5.69. The van der Waals surface area contributed by atoms with Gasteiger partial charge in [0.15, 0.2) is 0 Å². The molecule has 3 heterocycles. The fraction of sp³-hybridized carbons (Fsp3) is 0.588. The number of benzene rings is 1. The molecule has 134 valence electrons. The number of aromatic nitrogens is 2. The van der Waals surface area contributed by atoms with E-state index in [0.717, 1.165) is 35.4 Å². The first-order valence-electron chi connectivity index (χ1n) is 8.98. The van der Waals surface area contributed by atoms with Gasteiger partial charge < -0.3 is 9.88 Å². The first-order valence-corrected chi connectivity index (χ1v) is 10.4. The summed E-state index contributed by atoms with van der Waals surface area (Å²) in [7, 11) is -3.43. The van der Waals surface area contributed by atoms with E-state index >= 15 is 0 Å². The molecule has 2 aliphatic heterocycles. The third-order valence-corrected chi connectivity index (χ3v) is 7.19. The van der Waals surface area contributed by atoms with Crippen molar-refractivity contribution in [1.82, 2.24) is 23.9 Å². The zero-order valence-corrected chi connectivity index (χ0v) is 15.1. The summed E-state index contributed by atoms with van der Waals surface area (Å²) in [4.78, 5) is 4.66. The van der Waals surface area contributed by atoms with Crippen molar-refractivity contribution in [2.75, 3.05) is 13.1 Å². The number of hydrogen-bond donors (Lipinski definition) is 2. The molecule has 3 aliphatic rings. The standard InChI is InChI=1S/C17H23N5O2S/c1-11-20-16-6-12(2-5-17(16)22(11)14-3-4-14)8-19-25(23,24)21-10-13-7-15(21)9-18-13/h2,5-6,13-15,18-19H,3-4,7-10H2,1H3/t13-,15-/m0/s1. The highest BCUT2D eigenvalue weighted by atomic mass is 32.2. The molecule has 0 spiro atoms. The van der Waals surface area contributed by atoms with Gasteiger partial charge in [-0.25, -0.2) is 4.98 Å². The van der Waals surface area contributed by atoms with E-state index in [-0.39, 0.29) is 6.04 Å². The highest BCUT2D eigenvalue weighted by Crippen LogP contribution is 2.38. The molecule has 7 nitrogen and oxygen atoms in total. The van der Waals surface area contributed by atoms with E-state index in [1.165, 1.54) is 12.8 Å². The molecule has 5 rings (SSSR count). The smallest absolute Gasteiger partial charge is 0.280 e. The molecule has 2 atom stereocenters. The van der Waals surface area contributed by atoms with Crippen LogP contribution >= 0.6 is 0 Å². The van der Waals surface area contributed by atoms with Gasteiger partial charge >= 0.3 is 0 Å². The van der Waals surface area contributed by atoms with Gasteiger partial charge in [-0.2, -0.15) is 17.4 Å². The average molecular weight is 361 g/mol. The molecule has 2 aromatic rings. The maximum absolute atomic E-state index is 12.6. The molecule has 0 radical (unpaired) electrons. The number of rotatable bonds is 5. The summed E-state index contributed by atoms with van der Waals surface area (Å²) in [5.41, 5.74) is 3.04. The molecular weight excluding hydrogens is 338 g/mol. The molecule has 0 amide bonds. The second-order valence-electron chi connectivity index (χ2n) is 7.47. The number of fused-ring (bicyclic) bond motifs is 3. The van der Waals surface area contributed by atoms with Gasteiger partial charge in [0.05, 0.1) is 11.0 Å². The first kappa shape index (κ1) is 15.7. The van der Waals surface area contributed by atoms with Gasteiger partial charge in [-0.3, -0.25) is 0 Å². The van der Waals surface area contributed by atoms with E-state index in [1.807, 2.05) is 19.1 Å². The van der Waals surface area contributed by atoms with Crippen LogP contribution in [0.3, 0.4) is 0 Å². The molecule has 2 N–H and O–H groups in total. The summed E-state index contributed by atoms with van der Waals surface area (Å²) in [6.45, 7) is 3.67. The Morgan fingerprint density at radius 1 is 1.32 bits per heavy atom. The molecule has 8 heteroatoms. The summed E-state index contributed by atoms with van der Waals surface area (Å²) in [5.74, 6) is 1.04. The largest absolute Gasteiger partial charge is 0.325 e. The van der Waals surface area contributed by atoms with Crippen LogP contribution < -0.4 is 10.0 Å². The Bertz CT molecular complexity index is 934. The number of nitrogens with zero attached hydrogens (tertiary/aromatic N) is 3. The molecule has 1 saturated carbocycles. The molecule has 2 bridgehead atoms. The van der Waals surface area contributed by atoms with Crippen LogP contribution in [0.25, 0.3) is 11.0 Å². The second kappa shape index (κ2) is 5.51. The van der Waals surface area contributed by atoms with Crippen molar-refractivity contribution in [2.45, 2.75) is 50.9 Å². The van der Waals surface area contributed by atoms with Gasteiger partial charge in [0.2, 0.25) is 0 Å². The molecule has 1 aliphatic carbocycles. The van der Waals surface area contributed by atoms with Gasteiger partial charge in [0, 0.05) is 37.8 Å². The van der Waals surface area contributed by atoms with Crippen LogP contribution in [-0.4, -0.2) is 47.4 Å². The lowest BCUT2D eigenvalue weighted by atomic mass is 10.2. The molecule has 1 aromatic heterocycles. The fourth-order valence-electron chi connectivity index (χ4n) is 4.24. The molecular formula is C17H23N5O2S. The Morgan fingerprint density at radius 2 is 2.16 bits per heavy atom. The highest BCUT2D eigenvalue weighted by Gasteiger charge is 2.43. The minimum absolute atomic E-state index is 0.0990. The van der Waals surface area contributed by atoms with Crippen LogP contribution in [-0.2, 0) is 16.8 Å². The minimum Gasteiger partial charge on any atom is -0.325 e.